The highest BCUT2D eigenvalue weighted by Gasteiger charge is 2.20. The molecule has 1 aliphatic heterocycles. The molecule has 3 aromatic rings. The molecule has 1 amide bonds. The Labute approximate surface area is 176 Å². The maximum atomic E-state index is 13.3. The lowest BCUT2D eigenvalue weighted by Crippen LogP contribution is -2.48. The van der Waals surface area contributed by atoms with Gasteiger partial charge in [0.2, 0.25) is 5.91 Å². The number of aryl methyl sites for hydroxylation is 1. The second kappa shape index (κ2) is 9.34. The molecule has 0 aliphatic carbocycles. The van der Waals surface area contributed by atoms with Crippen LogP contribution in [0.25, 0.3) is 11.2 Å². The predicted octanol–water partition coefficient (Wildman–Crippen LogP) is 3.11. The highest BCUT2D eigenvalue weighted by molar-refractivity contribution is 5.76. The summed E-state index contributed by atoms with van der Waals surface area (Å²) in [5.74, 6) is 0.896. The first-order valence-electron chi connectivity index (χ1n) is 10.7. The van der Waals surface area contributed by atoms with Crippen LogP contribution in [0.4, 0.5) is 4.39 Å². The first-order valence-corrected chi connectivity index (χ1v) is 10.7. The van der Waals surface area contributed by atoms with Crippen LogP contribution in [0.3, 0.4) is 0 Å². The van der Waals surface area contributed by atoms with E-state index in [0.29, 0.717) is 19.4 Å². The molecule has 3 heterocycles. The van der Waals surface area contributed by atoms with E-state index in [1.165, 1.54) is 12.1 Å². The highest BCUT2D eigenvalue weighted by atomic mass is 19.1. The quantitative estimate of drug-likeness (QED) is 0.602. The molecular weight excluding hydrogens is 381 g/mol. The number of fused-ring (bicyclic) bond motifs is 1. The summed E-state index contributed by atoms with van der Waals surface area (Å²) in [5.41, 5.74) is 2.66. The number of piperazine rings is 1. The van der Waals surface area contributed by atoms with Crippen LogP contribution in [0.15, 0.2) is 42.6 Å². The molecule has 0 bridgehead atoms. The van der Waals surface area contributed by atoms with Crippen LogP contribution >= 0.6 is 0 Å². The molecule has 1 saturated heterocycles. The van der Waals surface area contributed by atoms with E-state index in [-0.39, 0.29) is 11.7 Å². The summed E-state index contributed by atoms with van der Waals surface area (Å²) in [6.07, 6.45) is 3.74. The van der Waals surface area contributed by atoms with Crippen molar-refractivity contribution in [2.75, 3.05) is 32.7 Å². The molecule has 4 rings (SSSR count). The molecule has 2 aromatic heterocycles. The van der Waals surface area contributed by atoms with Gasteiger partial charge in [0, 0.05) is 45.2 Å². The van der Waals surface area contributed by atoms with E-state index in [0.717, 1.165) is 61.7 Å². The van der Waals surface area contributed by atoms with Crippen molar-refractivity contribution in [1.29, 1.82) is 0 Å². The molecule has 0 N–H and O–H groups in total. The number of hydrogen-bond acceptors (Lipinski definition) is 4. The Balaban J connectivity index is 1.42. The number of hydrogen-bond donors (Lipinski definition) is 0. The van der Waals surface area contributed by atoms with E-state index in [4.69, 9.17) is 4.98 Å². The maximum Gasteiger partial charge on any atom is 0.222 e. The zero-order valence-electron chi connectivity index (χ0n) is 17.4. The van der Waals surface area contributed by atoms with Gasteiger partial charge in [-0.15, -0.1) is 0 Å². The average Bonchev–Trinajstić information content (AvgIpc) is 3.12. The van der Waals surface area contributed by atoms with E-state index in [1.807, 2.05) is 17.0 Å². The molecule has 1 aromatic carbocycles. The van der Waals surface area contributed by atoms with Crippen molar-refractivity contribution in [1.82, 2.24) is 24.3 Å². The summed E-state index contributed by atoms with van der Waals surface area (Å²) >= 11 is 0. The fraction of sp³-hybridized carbons (Fsp3) is 0.435. The van der Waals surface area contributed by atoms with Crippen LogP contribution in [-0.4, -0.2) is 63.0 Å². The van der Waals surface area contributed by atoms with Gasteiger partial charge in [0.15, 0.2) is 5.65 Å². The Hall–Kier alpha value is -2.80. The smallest absolute Gasteiger partial charge is 0.222 e. The molecular formula is C23H28FN5O. The Bertz CT molecular complexity index is 993. The Morgan fingerprint density at radius 3 is 2.60 bits per heavy atom. The Morgan fingerprint density at radius 1 is 1.10 bits per heavy atom. The summed E-state index contributed by atoms with van der Waals surface area (Å²) < 4.78 is 15.3. The van der Waals surface area contributed by atoms with Gasteiger partial charge in [0.05, 0.1) is 6.54 Å². The van der Waals surface area contributed by atoms with Gasteiger partial charge in [-0.05, 0) is 42.8 Å². The minimum atomic E-state index is -0.245. The first kappa shape index (κ1) is 20.5. The lowest BCUT2D eigenvalue weighted by Gasteiger charge is -2.34. The van der Waals surface area contributed by atoms with Crippen molar-refractivity contribution in [3.8, 4) is 0 Å². The summed E-state index contributed by atoms with van der Waals surface area (Å²) in [6.45, 7) is 7.34. The lowest BCUT2D eigenvalue weighted by atomic mass is 10.2. The van der Waals surface area contributed by atoms with Crippen LogP contribution in [0.1, 0.15) is 31.2 Å². The molecule has 7 heteroatoms. The number of benzene rings is 1. The van der Waals surface area contributed by atoms with Gasteiger partial charge in [-0.25, -0.2) is 14.4 Å². The van der Waals surface area contributed by atoms with Gasteiger partial charge in [0.25, 0.3) is 0 Å². The van der Waals surface area contributed by atoms with Crippen molar-refractivity contribution in [2.45, 2.75) is 32.7 Å². The van der Waals surface area contributed by atoms with Gasteiger partial charge in [-0.1, -0.05) is 19.1 Å². The normalized spacial score (nSPS) is 15.1. The van der Waals surface area contributed by atoms with E-state index >= 15 is 0 Å². The number of rotatable bonds is 7. The molecule has 0 spiro atoms. The molecule has 158 valence electrons. The van der Waals surface area contributed by atoms with Crippen molar-refractivity contribution < 1.29 is 9.18 Å². The van der Waals surface area contributed by atoms with Crippen molar-refractivity contribution >= 4 is 17.1 Å². The number of amides is 1. The number of halogens is 1. The summed E-state index contributed by atoms with van der Waals surface area (Å²) in [5, 5.41) is 0. The lowest BCUT2D eigenvalue weighted by molar-refractivity contribution is -0.133. The van der Waals surface area contributed by atoms with Crippen LogP contribution < -0.4 is 0 Å². The number of imidazole rings is 1. The zero-order valence-corrected chi connectivity index (χ0v) is 17.4. The van der Waals surface area contributed by atoms with Crippen molar-refractivity contribution in [3.05, 3.63) is 59.8 Å². The predicted molar refractivity (Wildman–Crippen MR) is 115 cm³/mol. The van der Waals surface area contributed by atoms with Crippen molar-refractivity contribution in [3.63, 3.8) is 0 Å². The topological polar surface area (TPSA) is 54.3 Å². The van der Waals surface area contributed by atoms with Crippen LogP contribution in [0.5, 0.6) is 0 Å². The standard InChI is InChI=1S/C23H28FN5O/c1-2-27-13-15-28(16-14-27)22(30)7-3-6-21-26-20-5-4-12-25-23(20)29(21)17-18-8-10-19(24)11-9-18/h4-5,8-12H,2-3,6-7,13-17H2,1H3. The Morgan fingerprint density at radius 2 is 1.87 bits per heavy atom. The average molecular weight is 410 g/mol. The minimum Gasteiger partial charge on any atom is -0.340 e. The van der Waals surface area contributed by atoms with Crippen LogP contribution in [-0.2, 0) is 17.8 Å². The van der Waals surface area contributed by atoms with Crippen LogP contribution in [0, 0.1) is 5.82 Å². The molecule has 30 heavy (non-hydrogen) atoms. The molecule has 6 nitrogen and oxygen atoms in total. The van der Waals surface area contributed by atoms with Gasteiger partial charge in [-0.2, -0.15) is 0 Å². The SMILES string of the molecule is CCN1CCN(C(=O)CCCc2nc3cccnc3n2Cc2ccc(F)cc2)CC1. The number of carbonyl (C=O) groups excluding carboxylic acids is 1. The second-order valence-electron chi connectivity index (χ2n) is 7.76. The van der Waals surface area contributed by atoms with Crippen LogP contribution in [0.2, 0.25) is 0 Å². The third-order valence-corrected chi connectivity index (χ3v) is 5.80. The molecule has 0 radical (unpaired) electrons. The van der Waals surface area contributed by atoms with Gasteiger partial charge < -0.3 is 14.4 Å². The first-order chi connectivity index (χ1) is 14.6. The number of aromatic nitrogens is 3. The van der Waals surface area contributed by atoms with E-state index in [1.54, 1.807) is 18.3 Å². The van der Waals surface area contributed by atoms with E-state index in [9.17, 15) is 9.18 Å². The summed E-state index contributed by atoms with van der Waals surface area (Å²) in [7, 11) is 0. The zero-order chi connectivity index (χ0) is 20.9. The largest absolute Gasteiger partial charge is 0.340 e. The van der Waals surface area contributed by atoms with Gasteiger partial charge in [0.1, 0.15) is 17.2 Å². The monoisotopic (exact) mass is 409 g/mol. The van der Waals surface area contributed by atoms with E-state index in [2.05, 4.69) is 21.4 Å². The van der Waals surface area contributed by atoms with Gasteiger partial charge in [-0.3, -0.25) is 4.79 Å². The second-order valence-corrected chi connectivity index (χ2v) is 7.76. The number of nitrogens with zero attached hydrogens (tertiary/aromatic N) is 5. The Kier molecular flexibility index (Phi) is 6.38. The maximum absolute atomic E-state index is 13.3. The third-order valence-electron chi connectivity index (χ3n) is 5.80. The van der Waals surface area contributed by atoms with E-state index < -0.39 is 0 Å². The number of likely N-dealkylation sites (N-methyl/N-ethyl adjacent to an activating group) is 1. The molecule has 0 unspecified atom stereocenters. The number of pyridine rings is 1. The minimum absolute atomic E-state index is 0.227. The molecule has 1 fully saturated rings. The number of carbonyl (C=O) groups is 1. The van der Waals surface area contributed by atoms with Crippen molar-refractivity contribution in [2.24, 2.45) is 0 Å². The van der Waals surface area contributed by atoms with Gasteiger partial charge >= 0.3 is 0 Å². The molecule has 1 aliphatic rings. The summed E-state index contributed by atoms with van der Waals surface area (Å²) in [6, 6.07) is 10.3. The fourth-order valence-corrected chi connectivity index (χ4v) is 4.00. The third kappa shape index (κ3) is 4.67. The molecule has 0 saturated carbocycles. The fourth-order valence-electron chi connectivity index (χ4n) is 4.00. The summed E-state index contributed by atoms with van der Waals surface area (Å²) in [4.78, 5) is 26.2. The molecule has 0 atom stereocenters. The highest BCUT2D eigenvalue weighted by Crippen LogP contribution is 2.18.